The van der Waals surface area contributed by atoms with Gasteiger partial charge < -0.3 is 20.4 Å². The molecule has 25 heavy (non-hydrogen) atoms. The Morgan fingerprint density at radius 2 is 1.88 bits per heavy atom. The van der Waals surface area contributed by atoms with E-state index in [4.69, 9.17) is 0 Å². The molecule has 5 nitrogen and oxygen atoms in total. The molecule has 0 radical (unpaired) electrons. The minimum absolute atomic E-state index is 0.00676. The van der Waals surface area contributed by atoms with E-state index in [1.807, 2.05) is 0 Å². The maximum atomic E-state index is 12.1. The Labute approximate surface area is 148 Å². The van der Waals surface area contributed by atoms with Gasteiger partial charge in [0, 0.05) is 17.3 Å². The summed E-state index contributed by atoms with van der Waals surface area (Å²) in [6.45, 7) is 7.94. The van der Waals surface area contributed by atoms with Gasteiger partial charge in [-0.2, -0.15) is 0 Å². The SMILES string of the molecule is C=C1C[C@]23C[C@H]1[C@H](O)C[C@H]2[C@]1(C)CCC[C@@](C)(C(=O)O)[C@H]1[C@H](O)[C@@H]3O. The van der Waals surface area contributed by atoms with E-state index in [9.17, 15) is 25.2 Å². The lowest BCUT2D eigenvalue weighted by atomic mass is 9.39. The van der Waals surface area contributed by atoms with Crippen molar-refractivity contribution in [2.24, 2.45) is 34.0 Å². The maximum absolute atomic E-state index is 12.1. The van der Waals surface area contributed by atoms with Gasteiger partial charge in [-0.05, 0) is 50.4 Å². The van der Waals surface area contributed by atoms with E-state index < -0.39 is 46.4 Å². The van der Waals surface area contributed by atoms with Crippen LogP contribution in [0.2, 0.25) is 0 Å². The van der Waals surface area contributed by atoms with Crippen LogP contribution in [0.25, 0.3) is 0 Å². The fraction of sp³-hybridized carbons (Fsp3) is 0.850. The number of aliphatic carboxylic acids is 1. The Morgan fingerprint density at radius 1 is 1.20 bits per heavy atom. The Balaban J connectivity index is 1.86. The molecule has 0 aromatic carbocycles. The van der Waals surface area contributed by atoms with E-state index in [1.54, 1.807) is 6.92 Å². The minimum Gasteiger partial charge on any atom is -0.481 e. The molecule has 0 amide bonds. The number of hydrogen-bond acceptors (Lipinski definition) is 4. The van der Waals surface area contributed by atoms with Crippen molar-refractivity contribution in [1.29, 1.82) is 0 Å². The highest BCUT2D eigenvalue weighted by Crippen LogP contribution is 2.72. The summed E-state index contributed by atoms with van der Waals surface area (Å²) < 4.78 is 0. The Bertz CT molecular complexity index is 632. The third kappa shape index (κ3) is 1.92. The minimum atomic E-state index is -1.05. The zero-order valence-electron chi connectivity index (χ0n) is 15.1. The molecule has 140 valence electrons. The van der Waals surface area contributed by atoms with Crippen molar-refractivity contribution in [3.63, 3.8) is 0 Å². The lowest BCUT2D eigenvalue weighted by molar-refractivity contribution is -0.260. The second kappa shape index (κ2) is 5.08. The average Bonchev–Trinajstić information content (AvgIpc) is 2.83. The summed E-state index contributed by atoms with van der Waals surface area (Å²) in [6.07, 6.45) is 1.51. The van der Waals surface area contributed by atoms with Crippen molar-refractivity contribution >= 4 is 5.97 Å². The van der Waals surface area contributed by atoms with Gasteiger partial charge in [-0.15, -0.1) is 0 Å². The van der Waals surface area contributed by atoms with Crippen LogP contribution in [0, 0.1) is 34.0 Å². The molecule has 4 aliphatic carbocycles. The monoisotopic (exact) mass is 350 g/mol. The van der Waals surface area contributed by atoms with Gasteiger partial charge in [0.05, 0.1) is 23.7 Å². The molecule has 4 saturated carbocycles. The number of hydrogen-bond donors (Lipinski definition) is 4. The highest BCUT2D eigenvalue weighted by molar-refractivity contribution is 5.75. The van der Waals surface area contributed by atoms with Gasteiger partial charge in [-0.1, -0.05) is 25.5 Å². The molecular formula is C20H30O5. The molecule has 2 bridgehead atoms. The van der Waals surface area contributed by atoms with E-state index in [-0.39, 0.29) is 11.8 Å². The molecule has 4 fully saturated rings. The molecule has 5 heteroatoms. The molecule has 0 saturated heterocycles. The van der Waals surface area contributed by atoms with Crippen LogP contribution in [0.15, 0.2) is 12.2 Å². The van der Waals surface area contributed by atoms with Gasteiger partial charge in [0.25, 0.3) is 0 Å². The second-order valence-corrected chi connectivity index (χ2v) is 9.73. The van der Waals surface area contributed by atoms with Gasteiger partial charge in [0.15, 0.2) is 0 Å². The molecule has 0 unspecified atom stereocenters. The van der Waals surface area contributed by atoms with Crippen LogP contribution in [0.3, 0.4) is 0 Å². The van der Waals surface area contributed by atoms with E-state index in [2.05, 4.69) is 13.5 Å². The first-order valence-electron chi connectivity index (χ1n) is 9.53. The normalized spacial score (nSPS) is 57.7. The van der Waals surface area contributed by atoms with Gasteiger partial charge in [0.2, 0.25) is 0 Å². The summed E-state index contributed by atoms with van der Waals surface area (Å²) in [5.41, 5.74) is -0.949. The van der Waals surface area contributed by atoms with E-state index in [0.29, 0.717) is 25.7 Å². The van der Waals surface area contributed by atoms with Crippen LogP contribution in [-0.2, 0) is 4.79 Å². The summed E-state index contributed by atoms with van der Waals surface area (Å²) in [6, 6.07) is 0. The van der Waals surface area contributed by atoms with E-state index in [1.165, 1.54) is 0 Å². The Hall–Kier alpha value is -0.910. The molecular weight excluding hydrogens is 320 g/mol. The highest BCUT2D eigenvalue weighted by Gasteiger charge is 2.72. The quantitative estimate of drug-likeness (QED) is 0.542. The molecule has 0 aromatic heterocycles. The molecule has 4 N–H and O–H groups in total. The van der Waals surface area contributed by atoms with Crippen molar-refractivity contribution in [2.75, 3.05) is 0 Å². The van der Waals surface area contributed by atoms with Crippen LogP contribution in [0.4, 0.5) is 0 Å². The summed E-state index contributed by atoms with van der Waals surface area (Å²) in [4.78, 5) is 12.1. The lowest BCUT2D eigenvalue weighted by Crippen LogP contribution is -2.69. The number of carbonyl (C=O) groups is 1. The predicted molar refractivity (Wildman–Crippen MR) is 91.6 cm³/mol. The highest BCUT2D eigenvalue weighted by atomic mass is 16.4. The predicted octanol–water partition coefficient (Wildman–Crippen LogP) is 1.95. The molecule has 0 aromatic rings. The number of aliphatic hydroxyl groups is 3. The van der Waals surface area contributed by atoms with Gasteiger partial charge >= 0.3 is 5.97 Å². The first-order chi connectivity index (χ1) is 11.6. The standard InChI is InChI=1S/C20H30O5/c1-10-8-20-9-11(10)12(21)7-13(20)18(2)5-4-6-19(3,17(24)25)15(18)14(22)16(20)23/h11-16,21-23H,1,4-9H2,2-3H3,(H,24,25)/t11-,12-,13+,14+,15+,16+,18+,19-,20+/m1/s1. The van der Waals surface area contributed by atoms with E-state index in [0.717, 1.165) is 18.4 Å². The fourth-order valence-electron chi connectivity index (χ4n) is 7.65. The topological polar surface area (TPSA) is 98.0 Å². The number of aliphatic hydroxyl groups excluding tert-OH is 3. The van der Waals surface area contributed by atoms with Crippen LogP contribution in [-0.4, -0.2) is 44.7 Å². The molecule has 9 atom stereocenters. The van der Waals surface area contributed by atoms with Crippen molar-refractivity contribution < 1.29 is 25.2 Å². The van der Waals surface area contributed by atoms with Crippen molar-refractivity contribution in [3.05, 3.63) is 12.2 Å². The summed E-state index contributed by atoms with van der Waals surface area (Å²) in [5, 5.41) is 42.9. The zero-order valence-corrected chi connectivity index (χ0v) is 15.1. The molecule has 0 heterocycles. The number of fused-ring (bicyclic) bond motifs is 3. The van der Waals surface area contributed by atoms with Crippen molar-refractivity contribution in [2.45, 2.75) is 70.7 Å². The Morgan fingerprint density at radius 3 is 2.52 bits per heavy atom. The van der Waals surface area contributed by atoms with E-state index >= 15 is 0 Å². The number of carboxylic acid groups (broad SMARTS) is 1. The van der Waals surface area contributed by atoms with Crippen molar-refractivity contribution in [1.82, 2.24) is 0 Å². The number of carboxylic acids is 1. The lowest BCUT2D eigenvalue weighted by Gasteiger charge is -2.66. The summed E-state index contributed by atoms with van der Waals surface area (Å²) in [5.74, 6) is -1.40. The second-order valence-electron chi connectivity index (χ2n) is 9.73. The van der Waals surface area contributed by atoms with Gasteiger partial charge in [0.1, 0.15) is 0 Å². The Kier molecular flexibility index (Phi) is 3.56. The first-order valence-corrected chi connectivity index (χ1v) is 9.53. The molecule has 1 spiro atoms. The number of rotatable bonds is 1. The van der Waals surface area contributed by atoms with Crippen LogP contribution in [0.5, 0.6) is 0 Å². The van der Waals surface area contributed by atoms with Crippen molar-refractivity contribution in [3.8, 4) is 0 Å². The van der Waals surface area contributed by atoms with Gasteiger partial charge in [-0.25, -0.2) is 0 Å². The zero-order chi connectivity index (χ0) is 18.4. The molecule has 0 aliphatic heterocycles. The van der Waals surface area contributed by atoms with Crippen LogP contribution >= 0.6 is 0 Å². The van der Waals surface area contributed by atoms with Crippen LogP contribution < -0.4 is 0 Å². The largest absolute Gasteiger partial charge is 0.481 e. The summed E-state index contributed by atoms with van der Waals surface area (Å²) in [7, 11) is 0. The molecule has 4 aliphatic rings. The smallest absolute Gasteiger partial charge is 0.309 e. The first kappa shape index (κ1) is 17.5. The van der Waals surface area contributed by atoms with Crippen LogP contribution in [0.1, 0.15) is 52.4 Å². The fourth-order valence-corrected chi connectivity index (χ4v) is 7.65. The van der Waals surface area contributed by atoms with Gasteiger partial charge in [-0.3, -0.25) is 4.79 Å². The third-order valence-corrected chi connectivity index (χ3v) is 8.66. The third-order valence-electron chi connectivity index (χ3n) is 8.66. The summed E-state index contributed by atoms with van der Waals surface area (Å²) >= 11 is 0. The molecule has 4 rings (SSSR count). The average molecular weight is 350 g/mol. The maximum Gasteiger partial charge on any atom is 0.309 e.